The lowest BCUT2D eigenvalue weighted by Gasteiger charge is -2.62. The Hall–Kier alpha value is -0.0900. The molecule has 0 spiro atoms. The molecule has 0 aliphatic carbocycles. The number of sulfone groups is 1. The summed E-state index contributed by atoms with van der Waals surface area (Å²) in [5, 5.41) is 3.26. The minimum atomic E-state index is -2.95. The maximum atomic E-state index is 11.0. The molecule has 0 atom stereocenters. The predicted octanol–water partition coefficient (Wildman–Crippen LogP) is 1.36. The van der Waals surface area contributed by atoms with Gasteiger partial charge in [0, 0.05) is 37.3 Å². The number of aliphatic imine (C=N–C) groups is 1. The smallest absolute Gasteiger partial charge is 0.194 e. The van der Waals surface area contributed by atoms with E-state index in [1.165, 1.54) is 6.26 Å². The van der Waals surface area contributed by atoms with Crippen molar-refractivity contribution in [2.45, 2.75) is 33.2 Å². The van der Waals surface area contributed by atoms with E-state index >= 15 is 0 Å². The zero-order chi connectivity index (χ0) is 16.3. The fraction of sp³-hybridized carbons (Fsp3) is 0.929. The molecule has 0 aromatic carbocycles. The number of guanidine groups is 1. The molecule has 1 saturated heterocycles. The van der Waals surface area contributed by atoms with Gasteiger partial charge in [0.25, 0.3) is 0 Å². The van der Waals surface area contributed by atoms with Crippen LogP contribution in [-0.4, -0.2) is 70.2 Å². The van der Waals surface area contributed by atoms with Crippen LogP contribution in [0.3, 0.4) is 0 Å². The SMILES string of the molecule is CN=C(NCCOCCS(C)(=O)=O)N1CC(C)(C)C1(C)C.I. The van der Waals surface area contributed by atoms with Crippen LogP contribution < -0.4 is 5.32 Å². The summed E-state index contributed by atoms with van der Waals surface area (Å²) in [7, 11) is -1.17. The van der Waals surface area contributed by atoms with E-state index in [-0.39, 0.29) is 47.3 Å². The number of likely N-dealkylation sites (tertiary alicyclic amines) is 1. The van der Waals surface area contributed by atoms with Crippen LogP contribution in [0.1, 0.15) is 27.7 Å². The molecular weight excluding hydrogens is 417 g/mol. The van der Waals surface area contributed by atoms with Gasteiger partial charge < -0.3 is 15.0 Å². The zero-order valence-electron chi connectivity index (χ0n) is 14.5. The Morgan fingerprint density at radius 1 is 1.27 bits per heavy atom. The standard InChI is InChI=1S/C14H29N3O3S.HI/c1-13(2)11-17(14(13,3)4)12(15-5)16-7-8-20-9-10-21(6,18)19;/h7-11H2,1-6H3,(H,15,16);1H. The van der Waals surface area contributed by atoms with Gasteiger partial charge >= 0.3 is 0 Å². The van der Waals surface area contributed by atoms with Crippen molar-refractivity contribution in [3.63, 3.8) is 0 Å². The third-order valence-electron chi connectivity index (χ3n) is 4.48. The zero-order valence-corrected chi connectivity index (χ0v) is 17.6. The van der Waals surface area contributed by atoms with E-state index in [4.69, 9.17) is 4.74 Å². The highest BCUT2D eigenvalue weighted by molar-refractivity contribution is 14.0. The number of hydrogen-bond donors (Lipinski definition) is 1. The Balaban J connectivity index is 0.00000441. The van der Waals surface area contributed by atoms with Crippen molar-refractivity contribution >= 4 is 39.8 Å². The first-order chi connectivity index (χ1) is 9.51. The minimum Gasteiger partial charge on any atom is -0.379 e. The molecule has 0 amide bonds. The average Bonchev–Trinajstić information content (AvgIpc) is 2.34. The summed E-state index contributed by atoms with van der Waals surface area (Å²) in [5.41, 5.74) is 0.322. The van der Waals surface area contributed by atoms with Gasteiger partial charge in [-0.15, -0.1) is 24.0 Å². The van der Waals surface area contributed by atoms with Gasteiger partial charge in [-0.1, -0.05) is 13.8 Å². The molecule has 1 aliphatic heterocycles. The molecule has 1 N–H and O–H groups in total. The molecule has 1 fully saturated rings. The molecule has 0 unspecified atom stereocenters. The van der Waals surface area contributed by atoms with Crippen molar-refractivity contribution in [3.05, 3.63) is 0 Å². The highest BCUT2D eigenvalue weighted by Gasteiger charge is 2.53. The Labute approximate surface area is 152 Å². The number of rotatable bonds is 6. The normalized spacial score (nSPS) is 20.1. The van der Waals surface area contributed by atoms with Crippen LogP contribution in [0.5, 0.6) is 0 Å². The van der Waals surface area contributed by atoms with Crippen LogP contribution in [0, 0.1) is 5.41 Å². The molecule has 6 nitrogen and oxygen atoms in total. The number of ether oxygens (including phenoxy) is 1. The summed E-state index contributed by atoms with van der Waals surface area (Å²) in [6, 6.07) is 0. The first-order valence-electron chi connectivity index (χ1n) is 7.25. The van der Waals surface area contributed by atoms with Crippen molar-refractivity contribution < 1.29 is 13.2 Å². The lowest BCUT2D eigenvalue weighted by Crippen LogP contribution is -2.72. The first kappa shape index (κ1) is 21.9. The maximum absolute atomic E-state index is 11.0. The third-order valence-corrected chi connectivity index (χ3v) is 5.39. The van der Waals surface area contributed by atoms with Gasteiger partial charge in [0.1, 0.15) is 9.84 Å². The molecule has 0 bridgehead atoms. The van der Waals surface area contributed by atoms with Crippen LogP contribution in [-0.2, 0) is 14.6 Å². The lowest BCUT2D eigenvalue weighted by atomic mass is 9.65. The van der Waals surface area contributed by atoms with Gasteiger partial charge in [-0.3, -0.25) is 4.99 Å². The predicted molar refractivity (Wildman–Crippen MR) is 102 cm³/mol. The van der Waals surface area contributed by atoms with Crippen LogP contribution in [0.15, 0.2) is 4.99 Å². The maximum Gasteiger partial charge on any atom is 0.194 e. The molecule has 132 valence electrons. The number of nitrogens with zero attached hydrogens (tertiary/aromatic N) is 2. The fourth-order valence-corrected chi connectivity index (χ4v) is 2.66. The molecule has 1 heterocycles. The highest BCUT2D eigenvalue weighted by Crippen LogP contribution is 2.46. The van der Waals surface area contributed by atoms with Gasteiger partial charge in [-0.25, -0.2) is 8.42 Å². The summed E-state index contributed by atoms with van der Waals surface area (Å²) in [6.07, 6.45) is 1.21. The molecule has 8 heteroatoms. The topological polar surface area (TPSA) is 71.0 Å². The van der Waals surface area contributed by atoms with Crippen LogP contribution in [0.2, 0.25) is 0 Å². The molecule has 1 aliphatic rings. The van der Waals surface area contributed by atoms with Crippen LogP contribution in [0.4, 0.5) is 0 Å². The Kier molecular flexibility index (Phi) is 8.11. The summed E-state index contributed by atoms with van der Waals surface area (Å²) >= 11 is 0. The van der Waals surface area contributed by atoms with Crippen LogP contribution in [0.25, 0.3) is 0 Å². The molecule has 0 radical (unpaired) electrons. The Bertz CT molecular complexity index is 490. The number of halogens is 1. The summed E-state index contributed by atoms with van der Waals surface area (Å²) in [6.45, 7) is 11.2. The highest BCUT2D eigenvalue weighted by atomic mass is 127. The Morgan fingerprint density at radius 2 is 1.86 bits per heavy atom. The van der Waals surface area contributed by atoms with E-state index in [0.717, 1.165) is 12.5 Å². The Morgan fingerprint density at radius 3 is 2.27 bits per heavy atom. The second kappa shape index (κ2) is 8.14. The monoisotopic (exact) mass is 447 g/mol. The van der Waals surface area contributed by atoms with E-state index in [0.29, 0.717) is 13.2 Å². The summed E-state index contributed by atoms with van der Waals surface area (Å²) in [5.74, 6) is 0.931. The van der Waals surface area contributed by atoms with E-state index in [1.807, 2.05) is 0 Å². The van der Waals surface area contributed by atoms with Crippen molar-refractivity contribution in [2.75, 3.05) is 45.4 Å². The molecule has 22 heavy (non-hydrogen) atoms. The number of hydrogen-bond acceptors (Lipinski definition) is 4. The summed E-state index contributed by atoms with van der Waals surface area (Å²) < 4.78 is 27.2. The lowest BCUT2D eigenvalue weighted by molar-refractivity contribution is -0.0668. The first-order valence-corrected chi connectivity index (χ1v) is 9.31. The second-order valence-corrected chi connectivity index (χ2v) is 9.01. The largest absolute Gasteiger partial charge is 0.379 e. The van der Waals surface area contributed by atoms with Gasteiger partial charge in [-0.05, 0) is 13.8 Å². The van der Waals surface area contributed by atoms with Crippen molar-refractivity contribution in [1.82, 2.24) is 10.2 Å². The summed E-state index contributed by atoms with van der Waals surface area (Å²) in [4.78, 5) is 6.56. The van der Waals surface area contributed by atoms with E-state index < -0.39 is 9.84 Å². The van der Waals surface area contributed by atoms with Gasteiger partial charge in [0.2, 0.25) is 0 Å². The van der Waals surface area contributed by atoms with E-state index in [2.05, 4.69) is 42.9 Å². The molecule has 0 aromatic rings. The molecule has 0 aromatic heterocycles. The molecular formula is C14H30IN3O3S. The molecule has 0 saturated carbocycles. The van der Waals surface area contributed by atoms with Crippen molar-refractivity contribution in [3.8, 4) is 0 Å². The average molecular weight is 447 g/mol. The second-order valence-electron chi connectivity index (χ2n) is 6.75. The van der Waals surface area contributed by atoms with E-state index in [9.17, 15) is 8.42 Å². The van der Waals surface area contributed by atoms with Gasteiger partial charge in [0.15, 0.2) is 5.96 Å². The van der Waals surface area contributed by atoms with E-state index in [1.54, 1.807) is 7.05 Å². The van der Waals surface area contributed by atoms with Crippen LogP contribution >= 0.6 is 24.0 Å². The van der Waals surface area contributed by atoms with Gasteiger partial charge in [-0.2, -0.15) is 0 Å². The molecule has 1 rings (SSSR count). The third kappa shape index (κ3) is 5.52. The van der Waals surface area contributed by atoms with Crippen molar-refractivity contribution in [2.24, 2.45) is 10.4 Å². The quantitative estimate of drug-likeness (QED) is 0.288. The minimum absolute atomic E-state index is 0. The number of nitrogens with one attached hydrogen (secondary N) is 1. The fourth-order valence-electron chi connectivity index (χ4n) is 2.24. The van der Waals surface area contributed by atoms with Gasteiger partial charge in [0.05, 0.1) is 19.0 Å². The van der Waals surface area contributed by atoms with Crippen molar-refractivity contribution in [1.29, 1.82) is 0 Å².